The van der Waals surface area contributed by atoms with Gasteiger partial charge >= 0.3 is 0 Å². The number of aromatic nitrogens is 2. The molecule has 0 amide bonds. The van der Waals surface area contributed by atoms with E-state index in [4.69, 9.17) is 12.2 Å². The lowest BCUT2D eigenvalue weighted by atomic mass is 10.2. The summed E-state index contributed by atoms with van der Waals surface area (Å²) in [6, 6.07) is 9.14. The first-order valence-electron chi connectivity index (χ1n) is 5.83. The SMILES string of the molecule is Cc1ccc(Br)c(-n2c(=S)[nH]c3cc(Br)c(F)cc32)c1. The van der Waals surface area contributed by atoms with Gasteiger partial charge in [-0.05, 0) is 74.8 Å². The van der Waals surface area contributed by atoms with Gasteiger partial charge in [0.1, 0.15) is 5.82 Å². The average molecular weight is 416 g/mol. The summed E-state index contributed by atoms with van der Waals surface area (Å²) in [6.45, 7) is 2.01. The lowest BCUT2D eigenvalue weighted by Crippen LogP contribution is -1.96. The van der Waals surface area contributed by atoms with Gasteiger partial charge in [0.25, 0.3) is 0 Å². The van der Waals surface area contributed by atoms with Gasteiger partial charge in [0.15, 0.2) is 4.77 Å². The van der Waals surface area contributed by atoms with E-state index in [1.54, 1.807) is 6.07 Å². The number of aryl methyl sites for hydroxylation is 1. The van der Waals surface area contributed by atoms with Crippen LogP contribution in [0.5, 0.6) is 0 Å². The van der Waals surface area contributed by atoms with E-state index in [0.717, 1.165) is 21.2 Å². The molecular weight excluding hydrogens is 407 g/mol. The zero-order chi connectivity index (χ0) is 14.4. The molecule has 0 aliphatic carbocycles. The van der Waals surface area contributed by atoms with E-state index in [2.05, 4.69) is 36.8 Å². The molecule has 0 radical (unpaired) electrons. The van der Waals surface area contributed by atoms with Gasteiger partial charge in [0, 0.05) is 10.5 Å². The molecule has 1 aromatic heterocycles. The first-order valence-corrected chi connectivity index (χ1v) is 7.83. The summed E-state index contributed by atoms with van der Waals surface area (Å²) in [5.41, 5.74) is 3.50. The molecule has 2 aromatic carbocycles. The molecule has 0 atom stereocenters. The van der Waals surface area contributed by atoms with Crippen LogP contribution >= 0.6 is 44.1 Å². The zero-order valence-electron chi connectivity index (χ0n) is 10.4. The molecule has 6 heteroatoms. The fraction of sp³-hybridized carbons (Fsp3) is 0.0714. The van der Waals surface area contributed by atoms with Crippen LogP contribution in [0.25, 0.3) is 16.7 Å². The number of fused-ring (bicyclic) bond motifs is 1. The van der Waals surface area contributed by atoms with Crippen LogP contribution in [0.2, 0.25) is 0 Å². The van der Waals surface area contributed by atoms with Crippen LogP contribution in [0, 0.1) is 17.5 Å². The Labute approximate surface area is 136 Å². The molecule has 2 nitrogen and oxygen atoms in total. The number of rotatable bonds is 1. The van der Waals surface area contributed by atoms with Crippen LogP contribution in [0.4, 0.5) is 4.39 Å². The maximum atomic E-state index is 13.8. The molecule has 0 aliphatic rings. The fourth-order valence-electron chi connectivity index (χ4n) is 2.14. The maximum Gasteiger partial charge on any atom is 0.182 e. The van der Waals surface area contributed by atoms with Crippen LogP contribution in [0.1, 0.15) is 5.56 Å². The topological polar surface area (TPSA) is 20.7 Å². The highest BCUT2D eigenvalue weighted by atomic mass is 79.9. The number of halogens is 3. The first-order chi connectivity index (χ1) is 9.47. The summed E-state index contributed by atoms with van der Waals surface area (Å²) in [5.74, 6) is -0.316. The minimum absolute atomic E-state index is 0.316. The van der Waals surface area contributed by atoms with Crippen LogP contribution in [0.15, 0.2) is 39.3 Å². The standard InChI is InChI=1S/C14H9Br2FN2S/c1-7-2-3-8(15)12(4-7)19-13-6-10(17)9(16)5-11(13)18-14(19)20/h2-6H,1H3,(H,18,20). The highest BCUT2D eigenvalue weighted by Gasteiger charge is 2.12. The molecule has 0 bridgehead atoms. The van der Waals surface area contributed by atoms with Crippen molar-refractivity contribution >= 4 is 55.1 Å². The van der Waals surface area contributed by atoms with E-state index >= 15 is 0 Å². The Morgan fingerprint density at radius 2 is 1.90 bits per heavy atom. The quantitative estimate of drug-likeness (QED) is 0.508. The normalized spacial score (nSPS) is 11.2. The number of nitrogens with one attached hydrogen (secondary N) is 1. The minimum Gasteiger partial charge on any atom is -0.330 e. The third kappa shape index (κ3) is 2.25. The highest BCUT2D eigenvalue weighted by Crippen LogP contribution is 2.29. The third-order valence-electron chi connectivity index (χ3n) is 3.07. The Morgan fingerprint density at radius 1 is 1.15 bits per heavy atom. The van der Waals surface area contributed by atoms with E-state index in [0.29, 0.717) is 14.8 Å². The summed E-state index contributed by atoms with van der Waals surface area (Å²) >= 11 is 12.1. The first kappa shape index (κ1) is 14.0. The summed E-state index contributed by atoms with van der Waals surface area (Å²) in [7, 11) is 0. The van der Waals surface area contributed by atoms with E-state index in [1.165, 1.54) is 6.07 Å². The lowest BCUT2D eigenvalue weighted by molar-refractivity contribution is 0.622. The molecule has 102 valence electrons. The Kier molecular flexibility index (Phi) is 3.56. The Bertz CT molecular complexity index is 883. The lowest BCUT2D eigenvalue weighted by Gasteiger charge is -2.08. The highest BCUT2D eigenvalue weighted by molar-refractivity contribution is 9.10. The fourth-order valence-corrected chi connectivity index (χ4v) is 3.21. The van der Waals surface area contributed by atoms with Gasteiger partial charge in [-0.3, -0.25) is 4.57 Å². The average Bonchev–Trinajstić information content (AvgIpc) is 2.69. The van der Waals surface area contributed by atoms with Crippen molar-refractivity contribution in [2.75, 3.05) is 0 Å². The van der Waals surface area contributed by atoms with Gasteiger partial charge in [-0.2, -0.15) is 0 Å². The number of H-pyrrole nitrogens is 1. The van der Waals surface area contributed by atoms with Crippen LogP contribution in [-0.2, 0) is 0 Å². The van der Waals surface area contributed by atoms with E-state index < -0.39 is 0 Å². The summed E-state index contributed by atoms with van der Waals surface area (Å²) in [6.07, 6.45) is 0. The minimum atomic E-state index is -0.316. The Hall–Kier alpha value is -0.980. The van der Waals surface area contributed by atoms with Gasteiger partial charge in [0.2, 0.25) is 0 Å². The van der Waals surface area contributed by atoms with Gasteiger partial charge in [-0.25, -0.2) is 4.39 Å². The monoisotopic (exact) mass is 414 g/mol. The van der Waals surface area contributed by atoms with Crippen LogP contribution in [-0.4, -0.2) is 9.55 Å². The second-order valence-corrected chi connectivity index (χ2v) is 6.60. The number of aromatic amines is 1. The zero-order valence-corrected chi connectivity index (χ0v) is 14.4. The Morgan fingerprint density at radius 3 is 2.65 bits per heavy atom. The van der Waals surface area contributed by atoms with Gasteiger partial charge in [-0.15, -0.1) is 0 Å². The molecule has 0 fully saturated rings. The largest absolute Gasteiger partial charge is 0.330 e. The third-order valence-corrected chi connectivity index (χ3v) is 4.63. The van der Waals surface area contributed by atoms with Crippen LogP contribution in [0.3, 0.4) is 0 Å². The van der Waals surface area contributed by atoms with Crippen molar-refractivity contribution in [1.29, 1.82) is 0 Å². The predicted octanol–water partition coefficient (Wildman–Crippen LogP) is 5.66. The second kappa shape index (κ2) is 5.09. The van der Waals surface area contributed by atoms with Crippen molar-refractivity contribution in [2.24, 2.45) is 0 Å². The molecule has 3 rings (SSSR count). The number of nitrogens with zero attached hydrogens (tertiary/aromatic N) is 1. The van der Waals surface area contributed by atoms with Gasteiger partial charge < -0.3 is 4.98 Å². The number of hydrogen-bond acceptors (Lipinski definition) is 1. The number of imidazole rings is 1. The number of hydrogen-bond donors (Lipinski definition) is 1. The van der Waals surface area contributed by atoms with Crippen molar-refractivity contribution in [3.05, 3.63) is 55.4 Å². The van der Waals surface area contributed by atoms with Crippen molar-refractivity contribution < 1.29 is 4.39 Å². The second-order valence-electron chi connectivity index (χ2n) is 4.50. The Balaban J connectivity index is 2.42. The molecule has 0 saturated heterocycles. The van der Waals surface area contributed by atoms with E-state index in [9.17, 15) is 4.39 Å². The van der Waals surface area contributed by atoms with E-state index in [-0.39, 0.29) is 5.82 Å². The van der Waals surface area contributed by atoms with Gasteiger partial charge in [-0.1, -0.05) is 6.07 Å². The van der Waals surface area contributed by atoms with Crippen molar-refractivity contribution in [3.63, 3.8) is 0 Å². The van der Waals surface area contributed by atoms with E-state index in [1.807, 2.05) is 29.7 Å². The number of benzene rings is 2. The van der Waals surface area contributed by atoms with Crippen LogP contribution < -0.4 is 0 Å². The molecule has 1 heterocycles. The molecular formula is C14H9Br2FN2S. The molecule has 0 aliphatic heterocycles. The summed E-state index contributed by atoms with van der Waals surface area (Å²) in [5, 5.41) is 0. The van der Waals surface area contributed by atoms with Crippen molar-refractivity contribution in [3.8, 4) is 5.69 Å². The summed E-state index contributed by atoms with van der Waals surface area (Å²) in [4.78, 5) is 3.10. The molecule has 0 saturated carbocycles. The van der Waals surface area contributed by atoms with Gasteiger partial charge in [0.05, 0.1) is 21.2 Å². The molecule has 0 spiro atoms. The van der Waals surface area contributed by atoms with Crippen molar-refractivity contribution in [2.45, 2.75) is 6.92 Å². The molecule has 20 heavy (non-hydrogen) atoms. The van der Waals surface area contributed by atoms with Crippen molar-refractivity contribution in [1.82, 2.24) is 9.55 Å². The maximum absolute atomic E-state index is 13.8. The smallest absolute Gasteiger partial charge is 0.182 e. The molecule has 1 N–H and O–H groups in total. The molecule has 0 unspecified atom stereocenters. The predicted molar refractivity (Wildman–Crippen MR) is 88.6 cm³/mol. The summed E-state index contributed by atoms with van der Waals surface area (Å²) < 4.78 is 17.5. The molecule has 3 aromatic rings.